The zero-order valence-corrected chi connectivity index (χ0v) is 19.5. The van der Waals surface area contributed by atoms with Crippen LogP contribution in [-0.4, -0.2) is 82.2 Å². The number of halogens is 2. The van der Waals surface area contributed by atoms with E-state index in [0.29, 0.717) is 31.7 Å². The Kier molecular flexibility index (Phi) is 8.32. The number of amides is 1. The summed E-state index contributed by atoms with van der Waals surface area (Å²) in [6.07, 6.45) is 3.81. The van der Waals surface area contributed by atoms with Gasteiger partial charge >= 0.3 is 6.09 Å². The molecule has 1 amide bonds. The molecule has 1 saturated carbocycles. The molecule has 0 spiro atoms. The lowest BCUT2D eigenvalue weighted by atomic mass is 9.85. The van der Waals surface area contributed by atoms with Gasteiger partial charge in [-0.15, -0.1) is 0 Å². The summed E-state index contributed by atoms with van der Waals surface area (Å²) >= 11 is 0. The van der Waals surface area contributed by atoms with E-state index in [4.69, 9.17) is 9.47 Å². The second kappa shape index (κ2) is 10.8. The molecule has 0 radical (unpaired) electrons. The van der Waals surface area contributed by atoms with Gasteiger partial charge in [0.1, 0.15) is 12.8 Å². The van der Waals surface area contributed by atoms with Gasteiger partial charge in [-0.25, -0.2) is 22.0 Å². The Labute approximate surface area is 188 Å². The highest BCUT2D eigenvalue weighted by Gasteiger charge is 2.30. The van der Waals surface area contributed by atoms with Crippen LogP contribution in [0.25, 0.3) is 0 Å². The molecular formula is C22H32F2N2O5S. The molecule has 3 rings (SSSR count). The standard InChI is InChI=1S/C22H32F2N2O5S/c1-16(14-23)31-22(27)26-11-9-25(10-12-26)18-5-3-17(4-6-18)15-30-21-8-7-19(13-20(21)24)32(2,28)29/h7-8,13,16-18H,3-6,9-12,14-15H2,1-2H3/t16-,17-,18-/m1/s1. The average Bonchev–Trinajstić information content (AvgIpc) is 2.78. The van der Waals surface area contributed by atoms with Crippen molar-refractivity contribution in [3.05, 3.63) is 24.0 Å². The van der Waals surface area contributed by atoms with E-state index in [2.05, 4.69) is 4.90 Å². The molecule has 10 heteroatoms. The molecule has 1 aliphatic heterocycles. The number of piperazine rings is 1. The van der Waals surface area contributed by atoms with Crippen LogP contribution in [0.1, 0.15) is 32.6 Å². The second-order valence-corrected chi connectivity index (χ2v) is 10.7. The molecule has 32 heavy (non-hydrogen) atoms. The highest BCUT2D eigenvalue weighted by Crippen LogP contribution is 2.30. The molecule has 1 saturated heterocycles. The van der Waals surface area contributed by atoms with E-state index in [9.17, 15) is 22.0 Å². The summed E-state index contributed by atoms with van der Waals surface area (Å²) in [5.41, 5.74) is 0. The topological polar surface area (TPSA) is 76.2 Å². The summed E-state index contributed by atoms with van der Waals surface area (Å²) < 4.78 is 60.4. The monoisotopic (exact) mass is 474 g/mol. The Bertz CT molecular complexity index is 882. The van der Waals surface area contributed by atoms with E-state index in [0.717, 1.165) is 51.1 Å². The first-order valence-corrected chi connectivity index (χ1v) is 12.9. The van der Waals surface area contributed by atoms with Gasteiger partial charge in [-0.1, -0.05) is 0 Å². The fourth-order valence-electron chi connectivity index (χ4n) is 4.26. The van der Waals surface area contributed by atoms with Gasteiger partial charge in [0.05, 0.1) is 11.5 Å². The summed E-state index contributed by atoms with van der Waals surface area (Å²) in [5, 5.41) is 0. The number of hydrogen-bond acceptors (Lipinski definition) is 6. The van der Waals surface area contributed by atoms with Gasteiger partial charge < -0.3 is 14.4 Å². The Morgan fingerprint density at radius 1 is 1.16 bits per heavy atom. The van der Waals surface area contributed by atoms with Crippen molar-refractivity contribution in [2.24, 2.45) is 5.92 Å². The van der Waals surface area contributed by atoms with E-state index >= 15 is 0 Å². The second-order valence-electron chi connectivity index (χ2n) is 8.72. The van der Waals surface area contributed by atoms with Gasteiger partial charge in [-0.2, -0.15) is 0 Å². The zero-order valence-electron chi connectivity index (χ0n) is 18.6. The third kappa shape index (κ3) is 6.54. The minimum atomic E-state index is -3.45. The van der Waals surface area contributed by atoms with Crippen molar-refractivity contribution in [2.45, 2.75) is 49.6 Å². The number of carbonyl (C=O) groups is 1. The number of hydrogen-bond donors (Lipinski definition) is 0. The minimum Gasteiger partial charge on any atom is -0.490 e. The molecular weight excluding hydrogens is 442 g/mol. The fraction of sp³-hybridized carbons (Fsp3) is 0.682. The maximum atomic E-state index is 14.2. The molecule has 0 bridgehead atoms. The van der Waals surface area contributed by atoms with Gasteiger partial charge in [0.2, 0.25) is 0 Å². The Hall–Kier alpha value is -1.94. The van der Waals surface area contributed by atoms with Crippen molar-refractivity contribution in [1.29, 1.82) is 0 Å². The smallest absolute Gasteiger partial charge is 0.410 e. The first-order valence-electron chi connectivity index (χ1n) is 11.1. The van der Waals surface area contributed by atoms with Crippen molar-refractivity contribution >= 4 is 15.9 Å². The predicted octanol–water partition coefficient (Wildman–Crippen LogP) is 3.28. The van der Waals surface area contributed by atoms with Crippen LogP contribution in [0.15, 0.2) is 23.1 Å². The molecule has 1 aromatic rings. The number of nitrogens with zero attached hydrogens (tertiary/aromatic N) is 2. The van der Waals surface area contributed by atoms with Gasteiger partial charge in [0.15, 0.2) is 21.4 Å². The highest BCUT2D eigenvalue weighted by atomic mass is 32.2. The van der Waals surface area contributed by atoms with Crippen LogP contribution >= 0.6 is 0 Å². The normalized spacial score (nSPS) is 23.6. The lowest BCUT2D eigenvalue weighted by molar-refractivity contribution is 0.0292. The van der Waals surface area contributed by atoms with E-state index < -0.39 is 34.5 Å². The van der Waals surface area contributed by atoms with Crippen LogP contribution in [0.3, 0.4) is 0 Å². The van der Waals surface area contributed by atoms with Crippen LogP contribution in [0.4, 0.5) is 13.6 Å². The van der Waals surface area contributed by atoms with Crippen molar-refractivity contribution in [3.63, 3.8) is 0 Å². The largest absolute Gasteiger partial charge is 0.490 e. The van der Waals surface area contributed by atoms with Crippen LogP contribution in [0, 0.1) is 11.7 Å². The first-order chi connectivity index (χ1) is 15.2. The lowest BCUT2D eigenvalue weighted by Gasteiger charge is -2.41. The van der Waals surface area contributed by atoms with Gasteiger partial charge in [0, 0.05) is 38.5 Å². The zero-order chi connectivity index (χ0) is 23.3. The summed E-state index contributed by atoms with van der Waals surface area (Å²) in [6.45, 7) is 3.93. The summed E-state index contributed by atoms with van der Waals surface area (Å²) in [7, 11) is -3.45. The average molecular weight is 475 g/mol. The van der Waals surface area contributed by atoms with Crippen molar-refractivity contribution in [1.82, 2.24) is 9.80 Å². The van der Waals surface area contributed by atoms with Gasteiger partial charge in [-0.05, 0) is 56.7 Å². The third-order valence-corrected chi connectivity index (χ3v) is 7.34. The maximum absolute atomic E-state index is 14.2. The van der Waals surface area contributed by atoms with Crippen molar-refractivity contribution < 1.29 is 31.5 Å². The molecule has 1 aliphatic carbocycles. The molecule has 2 aliphatic rings. The quantitative estimate of drug-likeness (QED) is 0.604. The molecule has 1 aromatic carbocycles. The molecule has 0 unspecified atom stereocenters. The first kappa shape index (κ1) is 24.7. The van der Waals surface area contributed by atoms with E-state index in [-0.39, 0.29) is 10.6 Å². The third-order valence-electron chi connectivity index (χ3n) is 6.23. The molecule has 7 nitrogen and oxygen atoms in total. The Balaban J connectivity index is 1.40. The number of sulfone groups is 1. The van der Waals surface area contributed by atoms with Crippen molar-refractivity contribution in [3.8, 4) is 5.75 Å². The number of alkyl halides is 1. The van der Waals surface area contributed by atoms with E-state index in [1.807, 2.05) is 0 Å². The van der Waals surface area contributed by atoms with Crippen LogP contribution in [0.2, 0.25) is 0 Å². The van der Waals surface area contributed by atoms with Crippen LogP contribution in [-0.2, 0) is 14.6 Å². The molecule has 2 fully saturated rings. The number of ether oxygens (including phenoxy) is 2. The molecule has 0 aromatic heterocycles. The van der Waals surface area contributed by atoms with E-state index in [1.54, 1.807) is 4.90 Å². The molecule has 0 N–H and O–H groups in total. The predicted molar refractivity (Wildman–Crippen MR) is 116 cm³/mol. The molecule has 1 heterocycles. The highest BCUT2D eigenvalue weighted by molar-refractivity contribution is 7.90. The van der Waals surface area contributed by atoms with Crippen LogP contribution in [0.5, 0.6) is 5.75 Å². The maximum Gasteiger partial charge on any atom is 0.410 e. The molecule has 1 atom stereocenters. The van der Waals surface area contributed by atoms with Gasteiger partial charge in [0.25, 0.3) is 0 Å². The van der Waals surface area contributed by atoms with Crippen molar-refractivity contribution in [2.75, 3.05) is 45.7 Å². The number of carbonyl (C=O) groups excluding carboxylic acids is 1. The number of benzene rings is 1. The summed E-state index contributed by atoms with van der Waals surface area (Å²) in [6, 6.07) is 4.17. The fourth-order valence-corrected chi connectivity index (χ4v) is 4.89. The molecule has 180 valence electrons. The SMILES string of the molecule is C[C@H](CF)OC(=O)N1CCN([C@H]2CC[C@H](COc3ccc(S(C)(=O)=O)cc3F)CC2)CC1. The lowest BCUT2D eigenvalue weighted by Crippen LogP contribution is -2.53. The summed E-state index contributed by atoms with van der Waals surface area (Å²) in [5.74, 6) is -0.276. The minimum absolute atomic E-state index is 0.0619. The van der Waals surface area contributed by atoms with Crippen LogP contribution < -0.4 is 4.74 Å². The number of rotatable bonds is 7. The van der Waals surface area contributed by atoms with Gasteiger partial charge in [-0.3, -0.25) is 4.90 Å². The van der Waals surface area contributed by atoms with E-state index in [1.165, 1.54) is 19.1 Å². The Morgan fingerprint density at radius 2 is 1.81 bits per heavy atom. The Morgan fingerprint density at radius 3 is 2.38 bits per heavy atom. The summed E-state index contributed by atoms with van der Waals surface area (Å²) in [4.78, 5) is 16.0.